The van der Waals surface area contributed by atoms with Crippen molar-refractivity contribution in [3.05, 3.63) is 17.7 Å². The summed E-state index contributed by atoms with van der Waals surface area (Å²) in [5, 5.41) is 3.00. The zero-order valence-corrected chi connectivity index (χ0v) is 9.70. The fourth-order valence-corrected chi connectivity index (χ4v) is 1.15. The summed E-state index contributed by atoms with van der Waals surface area (Å²) in [6.45, 7) is 0.837. The molecular weight excluding hydrogens is 206 g/mol. The molecule has 5 heteroatoms. The predicted octanol–water partition coefficient (Wildman–Crippen LogP) is 0.168. The van der Waals surface area contributed by atoms with E-state index >= 15 is 0 Å². The lowest BCUT2D eigenvalue weighted by Crippen LogP contribution is -2.08. The Labute approximate surface area is 94.8 Å². The van der Waals surface area contributed by atoms with Crippen molar-refractivity contribution in [3.63, 3.8) is 0 Å². The molecule has 0 saturated carbocycles. The molecule has 0 atom stereocenters. The van der Waals surface area contributed by atoms with Gasteiger partial charge in [-0.25, -0.2) is 9.78 Å². The van der Waals surface area contributed by atoms with Gasteiger partial charge in [-0.3, -0.25) is 0 Å². The Balaban J connectivity index is 2.75. The van der Waals surface area contributed by atoms with E-state index < -0.39 is 5.97 Å². The molecule has 1 aromatic heterocycles. The van der Waals surface area contributed by atoms with Crippen LogP contribution < -0.4 is 5.32 Å². The molecule has 0 saturated heterocycles. The van der Waals surface area contributed by atoms with Gasteiger partial charge >= 0.3 is 5.97 Å². The zero-order valence-electron chi connectivity index (χ0n) is 9.70. The number of hydrogen-bond donors (Lipinski definition) is 1. The minimum absolute atomic E-state index is 0.264. The summed E-state index contributed by atoms with van der Waals surface area (Å²) in [5.41, 5.74) is 0.582. The van der Waals surface area contributed by atoms with Crippen LogP contribution in [0.4, 0.5) is 0 Å². The fourth-order valence-electron chi connectivity index (χ4n) is 1.15. The third-order valence-electron chi connectivity index (χ3n) is 1.96. The van der Waals surface area contributed by atoms with Gasteiger partial charge in [0, 0.05) is 26.2 Å². The maximum Gasteiger partial charge on any atom is 0.374 e. The van der Waals surface area contributed by atoms with Crippen LogP contribution in [0.15, 0.2) is 6.20 Å². The van der Waals surface area contributed by atoms with Crippen LogP contribution in [-0.4, -0.2) is 36.2 Å². The number of carbonyl (C=O) groups excluding carboxylic acids is 1. The van der Waals surface area contributed by atoms with E-state index in [1.807, 2.05) is 7.05 Å². The van der Waals surface area contributed by atoms with E-state index in [1.54, 1.807) is 17.8 Å². The molecule has 0 aliphatic carbocycles. The van der Waals surface area contributed by atoms with Crippen molar-refractivity contribution in [1.82, 2.24) is 14.9 Å². The SMILES string of the molecule is CNCCC#Cc1cn(C)c(C(=O)OC)n1. The number of carbonyl (C=O) groups is 1. The van der Waals surface area contributed by atoms with Gasteiger partial charge in [-0.1, -0.05) is 5.92 Å². The molecule has 0 fully saturated rings. The van der Waals surface area contributed by atoms with E-state index in [0.29, 0.717) is 5.69 Å². The molecular formula is C11H15N3O2. The summed E-state index contributed by atoms with van der Waals surface area (Å²) in [7, 11) is 4.94. The van der Waals surface area contributed by atoms with Crippen molar-refractivity contribution >= 4 is 5.97 Å². The maximum atomic E-state index is 11.3. The highest BCUT2D eigenvalue weighted by Crippen LogP contribution is 2.01. The molecule has 0 unspecified atom stereocenters. The van der Waals surface area contributed by atoms with Crippen molar-refractivity contribution < 1.29 is 9.53 Å². The minimum atomic E-state index is -0.453. The topological polar surface area (TPSA) is 56.2 Å². The Kier molecular flexibility index (Phi) is 4.55. The zero-order chi connectivity index (χ0) is 12.0. The van der Waals surface area contributed by atoms with Crippen LogP contribution in [0.5, 0.6) is 0 Å². The number of rotatable bonds is 3. The Morgan fingerprint density at radius 1 is 1.69 bits per heavy atom. The number of nitrogens with zero attached hydrogens (tertiary/aromatic N) is 2. The first kappa shape index (κ1) is 12.3. The lowest BCUT2D eigenvalue weighted by Gasteiger charge is -1.96. The molecule has 0 aromatic carbocycles. The summed E-state index contributed by atoms with van der Waals surface area (Å²) in [6, 6.07) is 0. The molecule has 1 aromatic rings. The van der Waals surface area contributed by atoms with Crippen LogP contribution >= 0.6 is 0 Å². The van der Waals surface area contributed by atoms with Crippen LogP contribution in [0.2, 0.25) is 0 Å². The third kappa shape index (κ3) is 3.11. The second-order valence-electron chi connectivity index (χ2n) is 3.21. The summed E-state index contributed by atoms with van der Waals surface area (Å²) in [6.07, 6.45) is 2.46. The van der Waals surface area contributed by atoms with Crippen LogP contribution in [0.25, 0.3) is 0 Å². The highest BCUT2D eigenvalue weighted by molar-refractivity contribution is 5.85. The number of nitrogens with one attached hydrogen (secondary N) is 1. The standard InChI is InChI=1S/C11H15N3O2/c1-12-7-5-4-6-9-8-14(2)10(13-9)11(15)16-3/h8,12H,5,7H2,1-3H3. The molecule has 0 bridgehead atoms. The molecule has 1 heterocycles. The number of esters is 1. The molecule has 0 spiro atoms. The molecule has 16 heavy (non-hydrogen) atoms. The highest BCUT2D eigenvalue weighted by Gasteiger charge is 2.12. The van der Waals surface area contributed by atoms with Crippen LogP contribution in [-0.2, 0) is 11.8 Å². The summed E-state index contributed by atoms with van der Waals surface area (Å²) in [4.78, 5) is 15.3. The van der Waals surface area contributed by atoms with E-state index in [1.165, 1.54) is 7.11 Å². The average Bonchev–Trinajstić information content (AvgIpc) is 2.65. The van der Waals surface area contributed by atoms with Gasteiger partial charge in [0.05, 0.1) is 7.11 Å². The van der Waals surface area contributed by atoms with Gasteiger partial charge in [0.1, 0.15) is 5.69 Å². The van der Waals surface area contributed by atoms with Gasteiger partial charge in [-0.2, -0.15) is 0 Å². The number of methoxy groups -OCH3 is 1. The third-order valence-corrected chi connectivity index (χ3v) is 1.96. The second-order valence-corrected chi connectivity index (χ2v) is 3.21. The average molecular weight is 221 g/mol. The first-order chi connectivity index (χ1) is 7.69. The molecule has 86 valence electrons. The van der Waals surface area contributed by atoms with Crippen molar-refractivity contribution in [2.24, 2.45) is 7.05 Å². The molecule has 0 radical (unpaired) electrons. The van der Waals surface area contributed by atoms with Gasteiger partial charge < -0.3 is 14.6 Å². The van der Waals surface area contributed by atoms with Crippen LogP contribution in [0, 0.1) is 11.8 Å². The smallest absolute Gasteiger partial charge is 0.374 e. The highest BCUT2D eigenvalue weighted by atomic mass is 16.5. The number of aromatic nitrogens is 2. The monoisotopic (exact) mass is 221 g/mol. The number of aryl methyl sites for hydroxylation is 1. The first-order valence-electron chi connectivity index (χ1n) is 4.94. The molecule has 0 amide bonds. The van der Waals surface area contributed by atoms with E-state index in [9.17, 15) is 4.79 Å². The summed E-state index contributed by atoms with van der Waals surface area (Å²) >= 11 is 0. The van der Waals surface area contributed by atoms with Crippen molar-refractivity contribution in [1.29, 1.82) is 0 Å². The predicted molar refractivity (Wildman–Crippen MR) is 60.0 cm³/mol. The fraction of sp³-hybridized carbons (Fsp3) is 0.455. The quantitative estimate of drug-likeness (QED) is 0.449. The Bertz CT molecular complexity index is 426. The van der Waals surface area contributed by atoms with Crippen LogP contribution in [0.3, 0.4) is 0 Å². The molecule has 1 N–H and O–H groups in total. The Hall–Kier alpha value is -1.80. The minimum Gasteiger partial charge on any atom is -0.463 e. The van der Waals surface area contributed by atoms with Gasteiger partial charge in [-0.15, -0.1) is 0 Å². The van der Waals surface area contributed by atoms with E-state index in [0.717, 1.165) is 13.0 Å². The van der Waals surface area contributed by atoms with Crippen molar-refractivity contribution in [2.75, 3.05) is 20.7 Å². The van der Waals surface area contributed by atoms with E-state index in [2.05, 4.69) is 26.9 Å². The Morgan fingerprint density at radius 3 is 3.06 bits per heavy atom. The first-order valence-corrected chi connectivity index (χ1v) is 4.94. The molecule has 5 nitrogen and oxygen atoms in total. The second kappa shape index (κ2) is 5.93. The van der Waals surface area contributed by atoms with Crippen LogP contribution in [0.1, 0.15) is 22.7 Å². The summed E-state index contributed by atoms with van der Waals surface area (Å²) in [5.74, 6) is 5.66. The lowest BCUT2D eigenvalue weighted by atomic mass is 10.4. The molecule has 0 aliphatic rings. The normalized spacial score (nSPS) is 9.44. The number of ether oxygens (including phenoxy) is 1. The molecule has 1 rings (SSSR count). The maximum absolute atomic E-state index is 11.3. The van der Waals surface area contributed by atoms with E-state index in [4.69, 9.17) is 0 Å². The largest absolute Gasteiger partial charge is 0.463 e. The van der Waals surface area contributed by atoms with Gasteiger partial charge in [0.15, 0.2) is 0 Å². The van der Waals surface area contributed by atoms with E-state index in [-0.39, 0.29) is 5.82 Å². The lowest BCUT2D eigenvalue weighted by molar-refractivity contribution is 0.0582. The summed E-state index contributed by atoms with van der Waals surface area (Å²) < 4.78 is 6.20. The van der Waals surface area contributed by atoms with Gasteiger partial charge in [0.25, 0.3) is 0 Å². The van der Waals surface area contributed by atoms with Gasteiger partial charge in [-0.05, 0) is 13.0 Å². The number of hydrogen-bond acceptors (Lipinski definition) is 4. The number of imidazole rings is 1. The molecule has 0 aliphatic heterocycles. The Morgan fingerprint density at radius 2 is 2.44 bits per heavy atom. The van der Waals surface area contributed by atoms with Crippen molar-refractivity contribution in [3.8, 4) is 11.8 Å². The van der Waals surface area contributed by atoms with Crippen molar-refractivity contribution in [2.45, 2.75) is 6.42 Å². The van der Waals surface area contributed by atoms with Gasteiger partial charge in [0.2, 0.25) is 5.82 Å².